The molecule has 0 fully saturated rings. The van der Waals surface area contributed by atoms with E-state index in [1.165, 1.54) is 30.1 Å². The molecule has 8 nitrogen and oxygen atoms in total. The van der Waals surface area contributed by atoms with E-state index in [1.54, 1.807) is 12.1 Å². The molecule has 37 heavy (non-hydrogen) atoms. The van der Waals surface area contributed by atoms with E-state index in [0.717, 1.165) is 22.7 Å². The van der Waals surface area contributed by atoms with Crippen LogP contribution in [0.5, 0.6) is 17.2 Å². The topological polar surface area (TPSA) is 106 Å². The van der Waals surface area contributed by atoms with Crippen molar-refractivity contribution < 1.29 is 19.0 Å². The van der Waals surface area contributed by atoms with E-state index in [4.69, 9.17) is 25.8 Å². The van der Waals surface area contributed by atoms with Gasteiger partial charge >= 0.3 is 0 Å². The number of nitriles is 1. The zero-order chi connectivity index (χ0) is 26.9. The maximum Gasteiger partial charge on any atom is 0.268 e. The summed E-state index contributed by atoms with van der Waals surface area (Å²) in [5.74, 6) is 1.30. The molecule has 0 aliphatic heterocycles. The van der Waals surface area contributed by atoms with Crippen LogP contribution in [0.4, 0.5) is 5.13 Å². The molecule has 0 radical (unpaired) electrons. The van der Waals surface area contributed by atoms with Gasteiger partial charge in [0.05, 0.1) is 12.1 Å². The molecule has 3 rings (SSSR count). The number of amides is 1. The average molecular weight is 541 g/mol. The fourth-order valence-corrected chi connectivity index (χ4v) is 4.51. The minimum absolute atomic E-state index is 0.116. The third-order valence-corrected chi connectivity index (χ3v) is 6.42. The molecule has 1 N–H and O–H groups in total. The minimum atomic E-state index is -0.589. The van der Waals surface area contributed by atoms with Gasteiger partial charge in [0, 0.05) is 6.42 Å². The molecule has 1 heterocycles. The maximum absolute atomic E-state index is 12.7. The van der Waals surface area contributed by atoms with Crippen molar-refractivity contribution in [2.45, 2.75) is 34.1 Å². The lowest BCUT2D eigenvalue weighted by molar-refractivity contribution is -0.112. The van der Waals surface area contributed by atoms with Gasteiger partial charge in [-0.25, -0.2) is 0 Å². The van der Waals surface area contributed by atoms with E-state index in [1.807, 2.05) is 38.1 Å². The van der Waals surface area contributed by atoms with E-state index >= 15 is 0 Å². The fourth-order valence-electron chi connectivity index (χ4n) is 3.29. The summed E-state index contributed by atoms with van der Waals surface area (Å²) < 4.78 is 17.0. The lowest BCUT2D eigenvalue weighted by atomic mass is 10.1. The van der Waals surface area contributed by atoms with Crippen molar-refractivity contribution in [2.24, 2.45) is 5.92 Å². The third kappa shape index (κ3) is 7.94. The Bertz CT molecular complexity index is 1330. The number of aromatic nitrogens is 2. The number of nitrogens with one attached hydrogen (secondary N) is 1. The van der Waals surface area contributed by atoms with Crippen LogP contribution in [0.25, 0.3) is 6.08 Å². The van der Waals surface area contributed by atoms with E-state index in [0.29, 0.717) is 34.7 Å². The van der Waals surface area contributed by atoms with Crippen molar-refractivity contribution in [2.75, 3.05) is 25.6 Å². The van der Waals surface area contributed by atoms with Gasteiger partial charge in [-0.1, -0.05) is 42.9 Å². The number of carbonyl (C=O) groups is 1. The SMILES string of the molecule is COc1cc(C=C(C#N)C(=O)Nc2nnc(CC(C)C)s2)cc(Cl)c1OCCOc1ccc(C)c(C)c1. The van der Waals surface area contributed by atoms with Gasteiger partial charge in [0.25, 0.3) is 5.91 Å². The molecule has 0 saturated carbocycles. The first-order valence-corrected chi connectivity index (χ1v) is 12.9. The molecule has 3 aromatic rings. The molecule has 10 heteroatoms. The van der Waals surface area contributed by atoms with Crippen LogP contribution in [0.1, 0.15) is 35.5 Å². The summed E-state index contributed by atoms with van der Waals surface area (Å²) in [7, 11) is 1.49. The quantitative estimate of drug-likeness (QED) is 0.180. The van der Waals surface area contributed by atoms with Crippen LogP contribution in [0.15, 0.2) is 35.9 Å². The number of hydrogen-bond donors (Lipinski definition) is 1. The number of ether oxygens (including phenoxy) is 3. The molecule has 194 valence electrons. The van der Waals surface area contributed by atoms with Crippen molar-refractivity contribution in [3.63, 3.8) is 0 Å². The number of hydrogen-bond acceptors (Lipinski definition) is 8. The highest BCUT2D eigenvalue weighted by atomic mass is 35.5. The van der Waals surface area contributed by atoms with Crippen LogP contribution >= 0.6 is 22.9 Å². The van der Waals surface area contributed by atoms with Crippen LogP contribution in [0.3, 0.4) is 0 Å². The second-order valence-electron chi connectivity index (χ2n) is 8.70. The van der Waals surface area contributed by atoms with Crippen LogP contribution in [0, 0.1) is 31.1 Å². The summed E-state index contributed by atoms with van der Waals surface area (Å²) in [6.07, 6.45) is 2.19. The fraction of sp³-hybridized carbons (Fsp3) is 0.333. The van der Waals surface area contributed by atoms with Crippen molar-refractivity contribution >= 4 is 40.1 Å². The highest BCUT2D eigenvalue weighted by molar-refractivity contribution is 7.15. The number of anilines is 1. The number of rotatable bonds is 11. The molecular weight excluding hydrogens is 512 g/mol. The largest absolute Gasteiger partial charge is 0.493 e. The highest BCUT2D eigenvalue weighted by Crippen LogP contribution is 2.37. The molecule has 1 aromatic heterocycles. The third-order valence-electron chi connectivity index (χ3n) is 5.27. The predicted octanol–water partition coefficient (Wildman–Crippen LogP) is 6.02. The Morgan fingerprint density at radius 2 is 1.92 bits per heavy atom. The first-order chi connectivity index (χ1) is 17.7. The molecule has 1 amide bonds. The van der Waals surface area contributed by atoms with Gasteiger partial charge in [-0.3, -0.25) is 10.1 Å². The molecule has 0 unspecified atom stereocenters. The van der Waals surface area contributed by atoms with Gasteiger partial charge in [0.2, 0.25) is 5.13 Å². The van der Waals surface area contributed by atoms with Gasteiger partial charge in [-0.2, -0.15) is 5.26 Å². The molecule has 2 aromatic carbocycles. The summed E-state index contributed by atoms with van der Waals surface area (Å²) in [5, 5.41) is 21.7. The molecule has 0 bridgehead atoms. The van der Waals surface area contributed by atoms with Gasteiger partial charge in [-0.15, -0.1) is 10.2 Å². The summed E-state index contributed by atoms with van der Waals surface area (Å²) in [4.78, 5) is 12.7. The molecule has 0 aliphatic rings. The Morgan fingerprint density at radius 3 is 2.59 bits per heavy atom. The number of aryl methyl sites for hydroxylation is 2. The van der Waals surface area contributed by atoms with Crippen molar-refractivity contribution in [3.8, 4) is 23.3 Å². The Morgan fingerprint density at radius 1 is 1.16 bits per heavy atom. The van der Waals surface area contributed by atoms with Crippen LogP contribution in [-0.2, 0) is 11.2 Å². The first-order valence-electron chi connectivity index (χ1n) is 11.7. The monoisotopic (exact) mass is 540 g/mol. The Hall–Kier alpha value is -3.61. The van der Waals surface area contributed by atoms with E-state index < -0.39 is 5.91 Å². The van der Waals surface area contributed by atoms with Crippen LogP contribution in [-0.4, -0.2) is 36.4 Å². The first kappa shape index (κ1) is 28.0. The number of benzene rings is 2. The van der Waals surface area contributed by atoms with Gasteiger partial charge in [-0.05, 0) is 66.8 Å². The van der Waals surface area contributed by atoms with Crippen molar-refractivity contribution in [3.05, 3.63) is 62.6 Å². The van der Waals surface area contributed by atoms with Crippen LogP contribution < -0.4 is 19.5 Å². The highest BCUT2D eigenvalue weighted by Gasteiger charge is 2.16. The second kappa shape index (κ2) is 13.1. The van der Waals surface area contributed by atoms with Crippen LogP contribution in [0.2, 0.25) is 5.02 Å². The number of halogens is 1. The lowest BCUT2D eigenvalue weighted by Gasteiger charge is -2.14. The predicted molar refractivity (Wildman–Crippen MR) is 146 cm³/mol. The molecule has 0 aliphatic carbocycles. The zero-order valence-corrected chi connectivity index (χ0v) is 23.0. The smallest absolute Gasteiger partial charge is 0.268 e. The molecule has 0 saturated heterocycles. The lowest BCUT2D eigenvalue weighted by Crippen LogP contribution is -2.13. The van der Waals surface area contributed by atoms with E-state index in [9.17, 15) is 10.1 Å². The maximum atomic E-state index is 12.7. The number of methoxy groups -OCH3 is 1. The molecular formula is C27H29ClN4O4S. The number of nitrogens with zero attached hydrogens (tertiary/aromatic N) is 3. The number of carbonyl (C=O) groups excluding carboxylic acids is 1. The normalized spacial score (nSPS) is 11.2. The summed E-state index contributed by atoms with van der Waals surface area (Å²) in [5.41, 5.74) is 2.73. The second-order valence-corrected chi connectivity index (χ2v) is 10.2. The van der Waals surface area contributed by atoms with Crippen molar-refractivity contribution in [1.29, 1.82) is 5.26 Å². The summed E-state index contributed by atoms with van der Waals surface area (Å²) in [6, 6.07) is 11.0. The minimum Gasteiger partial charge on any atom is -0.493 e. The molecule has 0 spiro atoms. The van der Waals surface area contributed by atoms with Crippen molar-refractivity contribution in [1.82, 2.24) is 10.2 Å². The van der Waals surface area contributed by atoms with Gasteiger partial charge < -0.3 is 14.2 Å². The van der Waals surface area contributed by atoms with Gasteiger partial charge in [0.1, 0.15) is 35.6 Å². The Labute approximate surface area is 225 Å². The van der Waals surface area contributed by atoms with Gasteiger partial charge in [0.15, 0.2) is 11.5 Å². The molecule has 0 atom stereocenters. The Balaban J connectivity index is 1.66. The summed E-state index contributed by atoms with van der Waals surface area (Å²) in [6.45, 7) is 8.78. The Kier molecular flexibility index (Phi) is 9.89. The average Bonchev–Trinajstić information content (AvgIpc) is 3.28. The standard InChI is InChI=1S/C27H29ClN4O4S/c1-16(2)10-24-31-32-27(37-24)30-26(33)20(15-29)12-19-13-22(28)25(23(14-19)34-5)36-9-8-35-21-7-6-17(3)18(4)11-21/h6-7,11-14,16H,8-10H2,1-5H3,(H,30,32,33). The summed E-state index contributed by atoms with van der Waals surface area (Å²) >= 11 is 7.74. The zero-order valence-electron chi connectivity index (χ0n) is 21.4. The van der Waals surface area contributed by atoms with E-state index in [2.05, 4.69) is 29.4 Å². The van der Waals surface area contributed by atoms with E-state index in [-0.39, 0.29) is 17.2 Å².